The van der Waals surface area contributed by atoms with Gasteiger partial charge in [-0.05, 0) is 47.9 Å². The SMILES string of the molecule is Cc1ccccc1-n1c2ccccc2c2cc(-c3ccccc3-c3nc(-c4ccccc4)nc(-c4ccccc4)n3)ccc21. The molecule has 0 aliphatic rings. The molecule has 4 nitrogen and oxygen atoms in total. The van der Waals surface area contributed by atoms with Gasteiger partial charge in [-0.3, -0.25) is 0 Å². The largest absolute Gasteiger partial charge is 0.309 e. The van der Waals surface area contributed by atoms with Crippen molar-refractivity contribution in [1.29, 1.82) is 0 Å². The van der Waals surface area contributed by atoms with Crippen molar-refractivity contribution in [2.24, 2.45) is 0 Å². The van der Waals surface area contributed by atoms with Crippen molar-refractivity contribution >= 4 is 21.8 Å². The monoisotopic (exact) mass is 564 g/mol. The summed E-state index contributed by atoms with van der Waals surface area (Å²) in [7, 11) is 0. The third kappa shape index (κ3) is 4.45. The number of hydrogen-bond acceptors (Lipinski definition) is 3. The Kier molecular flexibility index (Phi) is 6.31. The zero-order valence-corrected chi connectivity index (χ0v) is 24.2. The number of fused-ring (bicyclic) bond motifs is 3. The van der Waals surface area contributed by atoms with Crippen LogP contribution in [0.2, 0.25) is 0 Å². The Hall–Kier alpha value is -5.87. The Morgan fingerprint density at radius 3 is 1.66 bits per heavy atom. The molecule has 0 radical (unpaired) electrons. The van der Waals surface area contributed by atoms with E-state index in [0.29, 0.717) is 17.5 Å². The van der Waals surface area contributed by atoms with Crippen molar-refractivity contribution in [3.63, 3.8) is 0 Å². The van der Waals surface area contributed by atoms with Gasteiger partial charge >= 0.3 is 0 Å². The summed E-state index contributed by atoms with van der Waals surface area (Å²) < 4.78 is 2.37. The van der Waals surface area contributed by atoms with Crippen LogP contribution < -0.4 is 0 Å². The molecule has 0 saturated carbocycles. The van der Waals surface area contributed by atoms with Gasteiger partial charge in [0, 0.05) is 33.2 Å². The van der Waals surface area contributed by atoms with Crippen LogP contribution in [0.25, 0.3) is 72.8 Å². The van der Waals surface area contributed by atoms with Crippen LogP contribution in [-0.4, -0.2) is 19.5 Å². The highest BCUT2D eigenvalue weighted by Crippen LogP contribution is 2.38. The van der Waals surface area contributed by atoms with Gasteiger partial charge in [0.15, 0.2) is 17.5 Å². The summed E-state index contributed by atoms with van der Waals surface area (Å²) in [6, 6.07) is 52.6. The fourth-order valence-corrected chi connectivity index (χ4v) is 6.07. The molecule has 0 saturated heterocycles. The van der Waals surface area contributed by atoms with Crippen LogP contribution in [0.4, 0.5) is 0 Å². The van der Waals surface area contributed by atoms with E-state index in [2.05, 4.69) is 102 Å². The molecule has 2 heterocycles. The summed E-state index contributed by atoms with van der Waals surface area (Å²) in [6.07, 6.45) is 0. The first-order valence-corrected chi connectivity index (χ1v) is 14.8. The molecule has 8 rings (SSSR count). The minimum absolute atomic E-state index is 0.649. The second-order valence-corrected chi connectivity index (χ2v) is 11.0. The summed E-state index contributed by atoms with van der Waals surface area (Å²) in [5, 5.41) is 2.43. The summed E-state index contributed by atoms with van der Waals surface area (Å²) >= 11 is 0. The van der Waals surface area contributed by atoms with E-state index >= 15 is 0 Å². The molecular formula is C40H28N4. The predicted octanol–water partition coefficient (Wildman–Crippen LogP) is 9.95. The lowest BCUT2D eigenvalue weighted by Crippen LogP contribution is -2.01. The quantitative estimate of drug-likeness (QED) is 0.209. The van der Waals surface area contributed by atoms with Gasteiger partial charge < -0.3 is 4.57 Å². The second kappa shape index (κ2) is 10.8. The molecule has 6 aromatic carbocycles. The molecule has 0 atom stereocenters. The van der Waals surface area contributed by atoms with Crippen LogP contribution in [0.5, 0.6) is 0 Å². The first-order valence-electron chi connectivity index (χ1n) is 14.8. The van der Waals surface area contributed by atoms with Crippen molar-refractivity contribution in [1.82, 2.24) is 19.5 Å². The first kappa shape index (κ1) is 25.8. The molecule has 8 aromatic rings. The summed E-state index contributed by atoms with van der Waals surface area (Å²) in [6.45, 7) is 2.17. The molecule has 4 heteroatoms. The third-order valence-corrected chi connectivity index (χ3v) is 8.21. The minimum atomic E-state index is 0.649. The van der Waals surface area contributed by atoms with Crippen molar-refractivity contribution in [2.75, 3.05) is 0 Å². The van der Waals surface area contributed by atoms with E-state index in [9.17, 15) is 0 Å². The van der Waals surface area contributed by atoms with E-state index in [-0.39, 0.29) is 0 Å². The van der Waals surface area contributed by atoms with Gasteiger partial charge in [0.05, 0.1) is 11.0 Å². The number of hydrogen-bond donors (Lipinski definition) is 0. The van der Waals surface area contributed by atoms with Crippen LogP contribution in [-0.2, 0) is 0 Å². The van der Waals surface area contributed by atoms with Crippen molar-refractivity contribution in [2.45, 2.75) is 6.92 Å². The van der Waals surface area contributed by atoms with Crippen LogP contribution in [0.15, 0.2) is 152 Å². The van der Waals surface area contributed by atoms with E-state index in [1.54, 1.807) is 0 Å². The molecule has 208 valence electrons. The zero-order valence-electron chi connectivity index (χ0n) is 24.2. The lowest BCUT2D eigenvalue weighted by Gasteiger charge is -2.13. The molecule has 0 aliphatic carbocycles. The summed E-state index contributed by atoms with van der Waals surface area (Å²) in [5.74, 6) is 1.96. The van der Waals surface area contributed by atoms with Crippen molar-refractivity contribution in [3.05, 3.63) is 157 Å². The molecule has 0 bridgehead atoms. The summed E-state index contributed by atoms with van der Waals surface area (Å²) in [4.78, 5) is 14.9. The van der Waals surface area contributed by atoms with E-state index in [1.165, 1.54) is 33.1 Å². The van der Waals surface area contributed by atoms with Crippen molar-refractivity contribution in [3.8, 4) is 51.0 Å². The van der Waals surface area contributed by atoms with Gasteiger partial charge in [0.25, 0.3) is 0 Å². The highest BCUT2D eigenvalue weighted by atomic mass is 15.0. The highest BCUT2D eigenvalue weighted by Gasteiger charge is 2.18. The molecule has 0 fully saturated rings. The molecule has 44 heavy (non-hydrogen) atoms. The van der Waals surface area contributed by atoms with Gasteiger partial charge in [0.1, 0.15) is 0 Å². The van der Waals surface area contributed by atoms with Crippen molar-refractivity contribution < 1.29 is 0 Å². The fourth-order valence-electron chi connectivity index (χ4n) is 6.07. The van der Waals surface area contributed by atoms with Gasteiger partial charge in [-0.15, -0.1) is 0 Å². The predicted molar refractivity (Wildman–Crippen MR) is 181 cm³/mol. The van der Waals surface area contributed by atoms with Crippen LogP contribution in [0, 0.1) is 6.92 Å². The fraction of sp³-hybridized carbons (Fsp3) is 0.0250. The number of nitrogens with zero attached hydrogens (tertiary/aromatic N) is 4. The lowest BCUT2D eigenvalue weighted by atomic mass is 9.97. The Bertz CT molecular complexity index is 2230. The average Bonchev–Trinajstić information content (AvgIpc) is 3.42. The van der Waals surface area contributed by atoms with Crippen LogP contribution >= 0.6 is 0 Å². The maximum absolute atomic E-state index is 5.02. The van der Waals surface area contributed by atoms with E-state index < -0.39 is 0 Å². The normalized spacial score (nSPS) is 11.3. The minimum Gasteiger partial charge on any atom is -0.309 e. The number of aryl methyl sites for hydroxylation is 1. The van der Waals surface area contributed by atoms with Gasteiger partial charge in [-0.2, -0.15) is 0 Å². The lowest BCUT2D eigenvalue weighted by molar-refractivity contribution is 1.07. The molecular weight excluding hydrogens is 536 g/mol. The van der Waals surface area contributed by atoms with E-state index in [1.807, 2.05) is 60.7 Å². The van der Waals surface area contributed by atoms with Gasteiger partial charge in [0.2, 0.25) is 0 Å². The number of benzene rings is 6. The molecule has 0 spiro atoms. The Labute approximate surface area is 256 Å². The second-order valence-electron chi connectivity index (χ2n) is 11.0. The van der Waals surface area contributed by atoms with Gasteiger partial charge in [-0.25, -0.2) is 15.0 Å². The Balaban J connectivity index is 1.34. The standard InChI is InChI=1S/C40H28N4/c1-27-14-8-12-22-35(27)44-36-23-13-11-20-32(36)34-26-30(24-25-37(34)44)31-19-9-10-21-33(31)40-42-38(28-15-4-2-5-16-28)41-39(43-40)29-17-6-3-7-18-29/h2-26H,1H3. The van der Waals surface area contributed by atoms with E-state index in [0.717, 1.165) is 27.8 Å². The maximum atomic E-state index is 5.02. The molecule has 0 unspecified atom stereocenters. The molecule has 0 N–H and O–H groups in total. The number of para-hydroxylation sites is 2. The molecule has 2 aromatic heterocycles. The Morgan fingerprint density at radius 2 is 0.955 bits per heavy atom. The number of rotatable bonds is 5. The third-order valence-electron chi connectivity index (χ3n) is 8.21. The molecule has 0 aliphatic heterocycles. The average molecular weight is 565 g/mol. The first-order chi connectivity index (χ1) is 21.7. The van der Waals surface area contributed by atoms with Crippen LogP contribution in [0.1, 0.15) is 5.56 Å². The number of aromatic nitrogens is 4. The van der Waals surface area contributed by atoms with Gasteiger partial charge in [-0.1, -0.05) is 127 Å². The summed E-state index contributed by atoms with van der Waals surface area (Å²) in [5.41, 5.74) is 9.87. The zero-order chi connectivity index (χ0) is 29.5. The smallest absolute Gasteiger partial charge is 0.164 e. The molecule has 0 amide bonds. The highest BCUT2D eigenvalue weighted by molar-refractivity contribution is 6.10. The topological polar surface area (TPSA) is 43.6 Å². The maximum Gasteiger partial charge on any atom is 0.164 e. The Morgan fingerprint density at radius 1 is 0.409 bits per heavy atom. The van der Waals surface area contributed by atoms with Crippen LogP contribution in [0.3, 0.4) is 0 Å². The van der Waals surface area contributed by atoms with E-state index in [4.69, 9.17) is 15.0 Å².